The lowest BCUT2D eigenvalue weighted by atomic mass is 10.1. The molecule has 78 valence electrons. The fourth-order valence-corrected chi connectivity index (χ4v) is 1.24. The molecule has 0 aliphatic carbocycles. The first-order chi connectivity index (χ1) is 7.11. The topological polar surface area (TPSA) is 70.3 Å². The summed E-state index contributed by atoms with van der Waals surface area (Å²) in [6, 6.07) is 4.39. The Hall–Kier alpha value is -1.73. The Bertz CT molecular complexity index is 437. The Kier molecular flexibility index (Phi) is 3.53. The zero-order chi connectivity index (χ0) is 11.4. The number of nitriles is 1. The second-order valence-corrected chi connectivity index (χ2v) is 3.06. The van der Waals surface area contributed by atoms with Crippen molar-refractivity contribution in [2.45, 2.75) is 6.92 Å². The molecule has 1 aromatic rings. The zero-order valence-electron chi connectivity index (χ0n) is 7.95. The zero-order valence-corrected chi connectivity index (χ0v) is 8.71. The standard InChI is InChI=1S/C10H8ClNO3/c1-2-15-10(14)6-3-4-8(11)7(5-12)9(6)13/h3-4,13H,2H2,1H3. The van der Waals surface area contributed by atoms with Crippen molar-refractivity contribution in [2.75, 3.05) is 6.61 Å². The molecule has 1 rings (SSSR count). The maximum Gasteiger partial charge on any atom is 0.341 e. The number of carbonyl (C=O) groups excluding carboxylic acids is 1. The van der Waals surface area contributed by atoms with Crippen LogP contribution in [0, 0.1) is 11.3 Å². The summed E-state index contributed by atoms with van der Waals surface area (Å²) in [4.78, 5) is 11.3. The van der Waals surface area contributed by atoms with Gasteiger partial charge in [0.1, 0.15) is 22.9 Å². The molecule has 0 radical (unpaired) electrons. The molecular weight excluding hydrogens is 218 g/mol. The van der Waals surface area contributed by atoms with Crippen LogP contribution >= 0.6 is 11.6 Å². The number of aromatic hydroxyl groups is 1. The molecule has 0 spiro atoms. The Balaban J connectivity index is 3.23. The molecule has 0 saturated heterocycles. The SMILES string of the molecule is CCOC(=O)c1ccc(Cl)c(C#N)c1O. The van der Waals surface area contributed by atoms with Gasteiger partial charge in [-0.05, 0) is 19.1 Å². The highest BCUT2D eigenvalue weighted by molar-refractivity contribution is 6.32. The number of rotatable bonds is 2. The van der Waals surface area contributed by atoms with Gasteiger partial charge >= 0.3 is 5.97 Å². The van der Waals surface area contributed by atoms with Gasteiger partial charge in [0.05, 0.1) is 11.6 Å². The van der Waals surface area contributed by atoms with E-state index in [2.05, 4.69) is 0 Å². The third-order valence-electron chi connectivity index (χ3n) is 1.73. The van der Waals surface area contributed by atoms with Gasteiger partial charge in [0, 0.05) is 0 Å². The van der Waals surface area contributed by atoms with Crippen LogP contribution in [0.2, 0.25) is 5.02 Å². The number of hydrogen-bond donors (Lipinski definition) is 1. The molecule has 1 N–H and O–H groups in total. The number of esters is 1. The van der Waals surface area contributed by atoms with Gasteiger partial charge in [0.25, 0.3) is 0 Å². The van der Waals surface area contributed by atoms with Crippen LogP contribution in [0.3, 0.4) is 0 Å². The average molecular weight is 226 g/mol. The van der Waals surface area contributed by atoms with E-state index in [0.29, 0.717) is 0 Å². The number of phenols is 1. The fourth-order valence-electron chi connectivity index (χ4n) is 1.05. The minimum absolute atomic E-state index is 0.0576. The van der Waals surface area contributed by atoms with Gasteiger partial charge in [-0.3, -0.25) is 0 Å². The molecule has 15 heavy (non-hydrogen) atoms. The summed E-state index contributed by atoms with van der Waals surface area (Å²) in [6.45, 7) is 1.85. The second-order valence-electron chi connectivity index (χ2n) is 2.65. The third-order valence-corrected chi connectivity index (χ3v) is 2.05. The van der Waals surface area contributed by atoms with Gasteiger partial charge < -0.3 is 9.84 Å². The van der Waals surface area contributed by atoms with E-state index in [-0.39, 0.29) is 22.8 Å². The highest BCUT2D eigenvalue weighted by atomic mass is 35.5. The molecule has 0 heterocycles. The van der Waals surface area contributed by atoms with E-state index in [4.69, 9.17) is 21.6 Å². The first kappa shape index (κ1) is 11.3. The molecular formula is C10H8ClNO3. The van der Waals surface area contributed by atoms with Gasteiger partial charge in [0.15, 0.2) is 0 Å². The van der Waals surface area contributed by atoms with Crippen molar-refractivity contribution in [3.63, 3.8) is 0 Å². The van der Waals surface area contributed by atoms with Crippen LogP contribution in [0.4, 0.5) is 0 Å². The largest absolute Gasteiger partial charge is 0.506 e. The Morgan fingerprint density at radius 2 is 2.33 bits per heavy atom. The molecule has 0 fully saturated rings. The molecule has 1 aromatic carbocycles. The van der Waals surface area contributed by atoms with Crippen LogP contribution in [0.1, 0.15) is 22.8 Å². The summed E-state index contributed by atoms with van der Waals surface area (Å²) < 4.78 is 4.70. The second kappa shape index (κ2) is 4.67. The lowest BCUT2D eigenvalue weighted by Crippen LogP contribution is -2.05. The van der Waals surface area contributed by atoms with Crippen molar-refractivity contribution in [2.24, 2.45) is 0 Å². The molecule has 0 atom stereocenters. The summed E-state index contributed by atoms with van der Waals surface area (Å²) >= 11 is 5.65. The van der Waals surface area contributed by atoms with Crippen molar-refractivity contribution in [3.8, 4) is 11.8 Å². The summed E-state index contributed by atoms with van der Waals surface area (Å²) in [6.07, 6.45) is 0. The minimum Gasteiger partial charge on any atom is -0.506 e. The van der Waals surface area contributed by atoms with E-state index in [0.717, 1.165) is 0 Å². The van der Waals surface area contributed by atoms with Crippen LogP contribution in [0.25, 0.3) is 0 Å². The quantitative estimate of drug-likeness (QED) is 0.783. The first-order valence-corrected chi connectivity index (χ1v) is 4.58. The molecule has 0 unspecified atom stereocenters. The molecule has 0 saturated carbocycles. The van der Waals surface area contributed by atoms with Gasteiger partial charge in [-0.1, -0.05) is 11.6 Å². The lowest BCUT2D eigenvalue weighted by Gasteiger charge is -2.06. The third kappa shape index (κ3) is 2.20. The molecule has 0 amide bonds. The highest BCUT2D eigenvalue weighted by Crippen LogP contribution is 2.29. The van der Waals surface area contributed by atoms with Crippen molar-refractivity contribution in [3.05, 3.63) is 28.3 Å². The van der Waals surface area contributed by atoms with Gasteiger partial charge in [-0.2, -0.15) is 5.26 Å². The number of benzene rings is 1. The van der Waals surface area contributed by atoms with Crippen LogP contribution in [0.5, 0.6) is 5.75 Å². The monoisotopic (exact) mass is 225 g/mol. The van der Waals surface area contributed by atoms with E-state index < -0.39 is 11.7 Å². The molecule has 0 aromatic heterocycles. The molecule has 0 bridgehead atoms. The summed E-state index contributed by atoms with van der Waals surface area (Å²) in [5.74, 6) is -1.12. The number of hydrogen-bond acceptors (Lipinski definition) is 4. The maximum absolute atomic E-state index is 11.3. The molecule has 4 nitrogen and oxygen atoms in total. The fraction of sp³-hybridized carbons (Fsp3) is 0.200. The number of ether oxygens (including phenoxy) is 1. The Morgan fingerprint density at radius 3 is 2.87 bits per heavy atom. The van der Waals surface area contributed by atoms with Gasteiger partial charge in [-0.25, -0.2) is 4.79 Å². The van der Waals surface area contributed by atoms with Crippen molar-refractivity contribution < 1.29 is 14.6 Å². The maximum atomic E-state index is 11.3. The summed E-state index contributed by atoms with van der Waals surface area (Å²) in [5, 5.41) is 18.3. The van der Waals surface area contributed by atoms with Crippen LogP contribution < -0.4 is 0 Å². The Morgan fingerprint density at radius 1 is 1.67 bits per heavy atom. The van der Waals surface area contributed by atoms with Crippen LogP contribution in [-0.2, 0) is 4.74 Å². The smallest absolute Gasteiger partial charge is 0.341 e. The van der Waals surface area contributed by atoms with Crippen LogP contribution in [0.15, 0.2) is 12.1 Å². The summed E-state index contributed by atoms with van der Waals surface area (Å²) in [5.41, 5.74) is -0.181. The number of halogens is 1. The van der Waals surface area contributed by atoms with E-state index >= 15 is 0 Å². The number of phenolic OH excluding ortho intramolecular Hbond substituents is 1. The van der Waals surface area contributed by atoms with E-state index in [1.807, 2.05) is 0 Å². The molecule has 0 aliphatic heterocycles. The minimum atomic E-state index is -0.678. The average Bonchev–Trinajstić information content (AvgIpc) is 2.18. The summed E-state index contributed by atoms with van der Waals surface area (Å²) in [7, 11) is 0. The van der Waals surface area contributed by atoms with Gasteiger partial charge in [0.2, 0.25) is 0 Å². The van der Waals surface area contributed by atoms with E-state index in [1.165, 1.54) is 12.1 Å². The predicted molar refractivity (Wildman–Crippen MR) is 53.8 cm³/mol. The number of carbonyl (C=O) groups is 1. The van der Waals surface area contributed by atoms with E-state index in [9.17, 15) is 9.90 Å². The lowest BCUT2D eigenvalue weighted by molar-refractivity contribution is 0.0523. The van der Waals surface area contributed by atoms with Crippen molar-refractivity contribution in [1.82, 2.24) is 0 Å². The van der Waals surface area contributed by atoms with Crippen molar-refractivity contribution in [1.29, 1.82) is 5.26 Å². The molecule has 0 aliphatic rings. The normalized spacial score (nSPS) is 9.40. The Labute approximate surface area is 91.7 Å². The van der Waals surface area contributed by atoms with Crippen molar-refractivity contribution >= 4 is 17.6 Å². The first-order valence-electron chi connectivity index (χ1n) is 4.20. The van der Waals surface area contributed by atoms with Crippen LogP contribution in [-0.4, -0.2) is 17.7 Å². The van der Waals surface area contributed by atoms with Gasteiger partial charge in [-0.15, -0.1) is 0 Å². The molecule has 5 heteroatoms. The number of nitrogens with zero attached hydrogens (tertiary/aromatic N) is 1. The highest BCUT2D eigenvalue weighted by Gasteiger charge is 2.17. The van der Waals surface area contributed by atoms with E-state index in [1.54, 1.807) is 13.0 Å². The predicted octanol–water partition coefficient (Wildman–Crippen LogP) is 2.09.